The van der Waals surface area contributed by atoms with E-state index in [4.69, 9.17) is 0 Å². The van der Waals surface area contributed by atoms with E-state index in [1.807, 2.05) is 13.8 Å². The lowest BCUT2D eigenvalue weighted by molar-refractivity contribution is -0.122. The lowest BCUT2D eigenvalue weighted by Gasteiger charge is -2.06. The second-order valence-corrected chi connectivity index (χ2v) is 3.84. The zero-order valence-corrected chi connectivity index (χ0v) is 10.5. The van der Waals surface area contributed by atoms with Gasteiger partial charge in [-0.25, -0.2) is 0 Å². The molecule has 1 unspecified atom stereocenters. The fourth-order valence-corrected chi connectivity index (χ4v) is 1.35. The molecule has 0 radical (unpaired) electrons. The minimum atomic E-state index is -0.555. The summed E-state index contributed by atoms with van der Waals surface area (Å²) < 4.78 is 0. The maximum absolute atomic E-state index is 11.7. The summed E-state index contributed by atoms with van der Waals surface area (Å²) >= 11 is 0. The average molecular weight is 226 g/mol. The highest BCUT2D eigenvalue weighted by molar-refractivity contribution is 5.97. The lowest BCUT2D eigenvalue weighted by Crippen LogP contribution is -2.09. The van der Waals surface area contributed by atoms with Gasteiger partial charge >= 0.3 is 0 Å². The van der Waals surface area contributed by atoms with Gasteiger partial charge in [-0.05, 0) is 24.5 Å². The molecule has 0 spiro atoms. The van der Waals surface area contributed by atoms with Gasteiger partial charge in [-0.1, -0.05) is 20.8 Å². The summed E-state index contributed by atoms with van der Waals surface area (Å²) in [5.41, 5.74) is 0.637. The predicted molar refractivity (Wildman–Crippen MR) is 64.2 cm³/mol. The summed E-state index contributed by atoms with van der Waals surface area (Å²) in [5, 5.41) is 9.44. The lowest BCUT2D eigenvalue weighted by atomic mass is 10.0. The van der Waals surface area contributed by atoms with Crippen molar-refractivity contribution in [2.45, 2.75) is 59.0 Å². The van der Waals surface area contributed by atoms with Gasteiger partial charge < -0.3 is 5.11 Å². The van der Waals surface area contributed by atoms with Gasteiger partial charge in [-0.3, -0.25) is 9.59 Å². The van der Waals surface area contributed by atoms with E-state index in [1.165, 1.54) is 0 Å². The molecule has 0 saturated carbocycles. The average Bonchev–Trinajstić information content (AvgIpc) is 2.31. The van der Waals surface area contributed by atoms with E-state index in [0.29, 0.717) is 31.3 Å². The Hall–Kier alpha value is -0.960. The Labute approximate surface area is 97.5 Å². The third kappa shape index (κ3) is 5.81. The Morgan fingerprint density at radius 2 is 1.75 bits per heavy atom. The van der Waals surface area contributed by atoms with Crippen molar-refractivity contribution in [3.8, 4) is 0 Å². The van der Waals surface area contributed by atoms with Crippen LogP contribution in [0.4, 0.5) is 0 Å². The fourth-order valence-electron chi connectivity index (χ4n) is 1.35. The van der Waals surface area contributed by atoms with Crippen LogP contribution in [0, 0.1) is 0 Å². The standard InChI is InChI=1S/C13H22O3/c1-4-10(9-12(15)6-3)13(16)8-7-11(14)5-2/h9,12,15H,4-8H2,1-3H3/b10-9+. The Kier molecular flexibility index (Phi) is 7.73. The highest BCUT2D eigenvalue weighted by Crippen LogP contribution is 2.10. The van der Waals surface area contributed by atoms with Crippen molar-refractivity contribution in [2.75, 3.05) is 0 Å². The number of rotatable bonds is 8. The molecule has 1 N–H and O–H groups in total. The molecule has 0 aliphatic heterocycles. The topological polar surface area (TPSA) is 54.4 Å². The molecule has 3 heteroatoms. The van der Waals surface area contributed by atoms with Crippen LogP contribution < -0.4 is 0 Å². The summed E-state index contributed by atoms with van der Waals surface area (Å²) in [5.74, 6) is 0.0941. The number of allylic oxidation sites excluding steroid dienone is 1. The number of hydrogen-bond donors (Lipinski definition) is 1. The Morgan fingerprint density at radius 3 is 2.19 bits per heavy atom. The minimum Gasteiger partial charge on any atom is -0.389 e. The van der Waals surface area contributed by atoms with Crippen LogP contribution in [0.5, 0.6) is 0 Å². The number of carbonyl (C=O) groups excluding carboxylic acids is 2. The van der Waals surface area contributed by atoms with Crippen LogP contribution in [-0.4, -0.2) is 22.8 Å². The van der Waals surface area contributed by atoms with Crippen molar-refractivity contribution >= 4 is 11.6 Å². The van der Waals surface area contributed by atoms with Gasteiger partial charge in [0.2, 0.25) is 0 Å². The van der Waals surface area contributed by atoms with Gasteiger partial charge in [0.15, 0.2) is 5.78 Å². The Bertz CT molecular complexity index is 266. The van der Waals surface area contributed by atoms with Crippen LogP contribution in [0.1, 0.15) is 52.9 Å². The van der Waals surface area contributed by atoms with Crippen molar-refractivity contribution < 1.29 is 14.7 Å². The zero-order chi connectivity index (χ0) is 12.6. The van der Waals surface area contributed by atoms with Crippen LogP contribution in [0.25, 0.3) is 0 Å². The summed E-state index contributed by atoms with van der Waals surface area (Å²) in [6.45, 7) is 5.54. The predicted octanol–water partition coefficient (Wildman–Crippen LogP) is 2.42. The second kappa shape index (κ2) is 8.22. The van der Waals surface area contributed by atoms with E-state index in [9.17, 15) is 14.7 Å². The van der Waals surface area contributed by atoms with Crippen molar-refractivity contribution in [3.05, 3.63) is 11.6 Å². The summed E-state index contributed by atoms with van der Waals surface area (Å²) in [6.07, 6.45) is 3.33. The molecule has 92 valence electrons. The first-order chi connectivity index (χ1) is 7.54. The molecule has 0 aliphatic rings. The van der Waals surface area contributed by atoms with E-state index in [-0.39, 0.29) is 18.0 Å². The quantitative estimate of drug-likeness (QED) is 0.647. The van der Waals surface area contributed by atoms with Crippen LogP contribution in [0.15, 0.2) is 11.6 Å². The molecular weight excluding hydrogens is 204 g/mol. The van der Waals surface area contributed by atoms with Crippen LogP contribution in [0.2, 0.25) is 0 Å². The largest absolute Gasteiger partial charge is 0.389 e. The van der Waals surface area contributed by atoms with E-state index < -0.39 is 6.10 Å². The van der Waals surface area contributed by atoms with Crippen LogP contribution in [0.3, 0.4) is 0 Å². The summed E-state index contributed by atoms with van der Waals surface area (Å²) in [4.78, 5) is 22.8. The Balaban J connectivity index is 4.32. The van der Waals surface area contributed by atoms with Gasteiger partial charge in [0.1, 0.15) is 5.78 Å². The highest BCUT2D eigenvalue weighted by atomic mass is 16.3. The van der Waals surface area contributed by atoms with Gasteiger partial charge in [0.05, 0.1) is 6.10 Å². The molecule has 0 aromatic heterocycles. The molecule has 0 fully saturated rings. The number of carbonyl (C=O) groups is 2. The van der Waals surface area contributed by atoms with Crippen molar-refractivity contribution in [2.24, 2.45) is 0 Å². The number of aliphatic hydroxyl groups is 1. The van der Waals surface area contributed by atoms with Gasteiger partial charge in [-0.2, -0.15) is 0 Å². The van der Waals surface area contributed by atoms with E-state index in [1.54, 1.807) is 13.0 Å². The molecule has 16 heavy (non-hydrogen) atoms. The van der Waals surface area contributed by atoms with Gasteiger partial charge in [-0.15, -0.1) is 0 Å². The second-order valence-electron chi connectivity index (χ2n) is 3.84. The van der Waals surface area contributed by atoms with E-state index in [0.717, 1.165) is 0 Å². The molecule has 0 aliphatic carbocycles. The molecule has 0 amide bonds. The molecule has 0 bridgehead atoms. The third-order valence-electron chi connectivity index (χ3n) is 2.58. The molecule has 0 aromatic carbocycles. The van der Waals surface area contributed by atoms with E-state index >= 15 is 0 Å². The smallest absolute Gasteiger partial charge is 0.159 e. The first-order valence-corrected chi connectivity index (χ1v) is 5.98. The first-order valence-electron chi connectivity index (χ1n) is 5.98. The molecule has 0 aromatic rings. The fraction of sp³-hybridized carbons (Fsp3) is 0.692. The monoisotopic (exact) mass is 226 g/mol. The number of ketones is 2. The minimum absolute atomic E-state index is 0.0169. The van der Waals surface area contributed by atoms with Crippen LogP contribution >= 0.6 is 0 Å². The molecule has 1 atom stereocenters. The molecular formula is C13H22O3. The number of Topliss-reactive ketones (excluding diaryl/α,β-unsaturated/α-hetero) is 2. The summed E-state index contributed by atoms with van der Waals surface area (Å²) in [6, 6.07) is 0. The molecule has 0 heterocycles. The van der Waals surface area contributed by atoms with Crippen molar-refractivity contribution in [3.63, 3.8) is 0 Å². The first kappa shape index (κ1) is 15.0. The molecule has 0 saturated heterocycles. The van der Waals surface area contributed by atoms with Crippen molar-refractivity contribution in [1.82, 2.24) is 0 Å². The Morgan fingerprint density at radius 1 is 1.12 bits per heavy atom. The van der Waals surface area contributed by atoms with Crippen LogP contribution in [-0.2, 0) is 9.59 Å². The maximum atomic E-state index is 11.7. The molecule has 3 nitrogen and oxygen atoms in total. The maximum Gasteiger partial charge on any atom is 0.159 e. The third-order valence-corrected chi connectivity index (χ3v) is 2.58. The van der Waals surface area contributed by atoms with E-state index in [2.05, 4.69) is 0 Å². The molecule has 0 rings (SSSR count). The number of hydrogen-bond acceptors (Lipinski definition) is 3. The highest BCUT2D eigenvalue weighted by Gasteiger charge is 2.11. The summed E-state index contributed by atoms with van der Waals surface area (Å²) in [7, 11) is 0. The normalized spacial score (nSPS) is 13.6. The number of aliphatic hydroxyl groups excluding tert-OH is 1. The van der Waals surface area contributed by atoms with Crippen molar-refractivity contribution in [1.29, 1.82) is 0 Å². The van der Waals surface area contributed by atoms with Gasteiger partial charge in [0.25, 0.3) is 0 Å². The SMILES string of the molecule is CCC(=O)CCC(=O)/C(=C/C(O)CC)CC. The van der Waals surface area contributed by atoms with Gasteiger partial charge in [0, 0.05) is 19.3 Å². The zero-order valence-electron chi connectivity index (χ0n) is 10.5.